The predicted octanol–water partition coefficient (Wildman–Crippen LogP) is 0.403. The van der Waals surface area contributed by atoms with Gasteiger partial charge in [0.05, 0.1) is 6.54 Å². The van der Waals surface area contributed by atoms with Crippen LogP contribution in [0.4, 0.5) is 4.79 Å². The summed E-state index contributed by atoms with van der Waals surface area (Å²) in [6, 6.07) is 2.41. The normalized spacial score (nSPS) is 10.2. The van der Waals surface area contributed by atoms with Crippen LogP contribution in [0.25, 0.3) is 0 Å². The van der Waals surface area contributed by atoms with E-state index in [0.29, 0.717) is 24.6 Å². The lowest BCUT2D eigenvalue weighted by Crippen LogP contribution is -2.36. The number of hydrogen-bond acceptors (Lipinski definition) is 6. The van der Waals surface area contributed by atoms with Crippen LogP contribution in [-0.4, -0.2) is 33.8 Å². The number of urea groups is 1. The monoisotopic (exact) mass is 280 g/mol. The van der Waals surface area contributed by atoms with Crippen LogP contribution in [0.5, 0.6) is 0 Å². The molecule has 0 spiro atoms. The van der Waals surface area contributed by atoms with Gasteiger partial charge in [-0.1, -0.05) is 5.16 Å². The van der Waals surface area contributed by atoms with E-state index in [-0.39, 0.29) is 12.3 Å². The van der Waals surface area contributed by atoms with Gasteiger partial charge in [0.1, 0.15) is 5.76 Å². The summed E-state index contributed by atoms with van der Waals surface area (Å²) in [6.07, 6.45) is 1.67. The van der Waals surface area contributed by atoms with E-state index in [1.54, 1.807) is 0 Å². The zero-order valence-electron chi connectivity index (χ0n) is 10.3. The molecular formula is C11H12N4O5. The Morgan fingerprint density at radius 1 is 1.30 bits per heavy atom. The molecule has 2 rings (SSSR count). The van der Waals surface area contributed by atoms with E-state index in [4.69, 9.17) is 9.52 Å². The second-order valence-corrected chi connectivity index (χ2v) is 3.78. The topological polar surface area (TPSA) is 130 Å². The first-order valence-electron chi connectivity index (χ1n) is 5.74. The maximum absolute atomic E-state index is 11.4. The molecule has 106 valence electrons. The summed E-state index contributed by atoms with van der Waals surface area (Å²) in [7, 11) is 0. The zero-order valence-corrected chi connectivity index (χ0v) is 10.3. The summed E-state index contributed by atoms with van der Waals surface area (Å²) in [5, 5.41) is 17.4. The van der Waals surface area contributed by atoms with Crippen LogP contribution in [0.2, 0.25) is 0 Å². The van der Waals surface area contributed by atoms with E-state index in [0.717, 1.165) is 0 Å². The highest BCUT2D eigenvalue weighted by Gasteiger charge is 2.09. The Bertz CT molecular complexity index is 577. The molecule has 0 bridgehead atoms. The summed E-state index contributed by atoms with van der Waals surface area (Å²) in [4.78, 5) is 25.8. The fourth-order valence-electron chi connectivity index (χ4n) is 1.41. The molecule has 0 aliphatic carbocycles. The summed E-state index contributed by atoms with van der Waals surface area (Å²) in [5.41, 5.74) is 0. The van der Waals surface area contributed by atoms with Gasteiger partial charge in [0.25, 0.3) is 0 Å². The lowest BCUT2D eigenvalue weighted by molar-refractivity contribution is 0.0660. The van der Waals surface area contributed by atoms with Gasteiger partial charge >= 0.3 is 12.0 Å². The van der Waals surface area contributed by atoms with Gasteiger partial charge in [-0.25, -0.2) is 9.59 Å². The lowest BCUT2D eigenvalue weighted by Gasteiger charge is -2.04. The summed E-state index contributed by atoms with van der Waals surface area (Å²) in [5.74, 6) is -0.460. The van der Waals surface area contributed by atoms with Crippen LogP contribution in [0.1, 0.15) is 22.1 Å². The second-order valence-electron chi connectivity index (χ2n) is 3.78. The molecule has 3 N–H and O–H groups in total. The molecule has 9 nitrogen and oxygen atoms in total. The molecular weight excluding hydrogens is 268 g/mol. The molecule has 2 amide bonds. The Labute approximate surface area is 113 Å². The van der Waals surface area contributed by atoms with Crippen molar-refractivity contribution >= 4 is 12.0 Å². The third kappa shape index (κ3) is 3.83. The number of furan rings is 1. The molecule has 0 aliphatic heterocycles. The number of aromatic nitrogens is 2. The molecule has 9 heteroatoms. The van der Waals surface area contributed by atoms with E-state index in [2.05, 4.69) is 25.3 Å². The quantitative estimate of drug-likeness (QED) is 0.698. The van der Waals surface area contributed by atoms with Gasteiger partial charge in [-0.15, -0.1) is 0 Å². The van der Waals surface area contributed by atoms with E-state index < -0.39 is 12.0 Å². The van der Waals surface area contributed by atoms with Crippen molar-refractivity contribution in [1.82, 2.24) is 20.8 Å². The Balaban J connectivity index is 1.67. The van der Waals surface area contributed by atoms with Crippen molar-refractivity contribution < 1.29 is 23.6 Å². The van der Waals surface area contributed by atoms with Crippen molar-refractivity contribution in [2.24, 2.45) is 0 Å². The van der Waals surface area contributed by atoms with E-state index in [9.17, 15) is 9.59 Å². The highest BCUT2D eigenvalue weighted by molar-refractivity contribution is 5.84. The fourth-order valence-corrected chi connectivity index (χ4v) is 1.41. The standard InChI is InChI=1S/C11H12N4O5/c16-10(17)8-2-1-7(20-8)5-13-11(18)12-4-3-9-14-6-19-15-9/h1-2,6H,3-5H2,(H,16,17)(H2,12,13,18). The number of amides is 2. The van der Waals surface area contributed by atoms with Crippen LogP contribution >= 0.6 is 0 Å². The maximum atomic E-state index is 11.4. The highest BCUT2D eigenvalue weighted by Crippen LogP contribution is 2.07. The minimum absolute atomic E-state index is 0.0985. The van der Waals surface area contributed by atoms with Gasteiger partial charge in [0.2, 0.25) is 12.2 Å². The first-order valence-corrected chi connectivity index (χ1v) is 5.74. The minimum Gasteiger partial charge on any atom is -0.475 e. The number of carbonyl (C=O) groups excluding carboxylic acids is 1. The molecule has 2 aromatic heterocycles. The second kappa shape index (κ2) is 6.36. The summed E-state index contributed by atoms with van der Waals surface area (Å²) < 4.78 is 9.53. The first kappa shape index (κ1) is 13.6. The highest BCUT2D eigenvalue weighted by atomic mass is 16.5. The van der Waals surface area contributed by atoms with Crippen LogP contribution in [0.3, 0.4) is 0 Å². The predicted molar refractivity (Wildman–Crippen MR) is 63.9 cm³/mol. The van der Waals surface area contributed by atoms with Crippen molar-refractivity contribution in [3.05, 3.63) is 35.9 Å². The van der Waals surface area contributed by atoms with Gasteiger partial charge in [-0.2, -0.15) is 4.98 Å². The van der Waals surface area contributed by atoms with E-state index >= 15 is 0 Å². The molecule has 0 aromatic carbocycles. The first-order chi connectivity index (χ1) is 9.65. The van der Waals surface area contributed by atoms with Gasteiger partial charge < -0.3 is 24.7 Å². The fraction of sp³-hybridized carbons (Fsp3) is 0.273. The van der Waals surface area contributed by atoms with Gasteiger partial charge in [0, 0.05) is 13.0 Å². The number of aromatic carboxylic acids is 1. The van der Waals surface area contributed by atoms with E-state index in [1.807, 2.05) is 0 Å². The number of hydrogen-bond donors (Lipinski definition) is 3. The summed E-state index contributed by atoms with van der Waals surface area (Å²) >= 11 is 0. The van der Waals surface area contributed by atoms with Crippen molar-refractivity contribution in [3.8, 4) is 0 Å². The zero-order chi connectivity index (χ0) is 14.4. The third-order valence-corrected chi connectivity index (χ3v) is 2.34. The largest absolute Gasteiger partial charge is 0.475 e. The van der Waals surface area contributed by atoms with Crippen LogP contribution in [0.15, 0.2) is 27.5 Å². The molecule has 2 aromatic rings. The Hall–Kier alpha value is -2.84. The number of carboxylic acids is 1. The van der Waals surface area contributed by atoms with Crippen LogP contribution in [-0.2, 0) is 13.0 Å². The Kier molecular flexibility index (Phi) is 4.32. The van der Waals surface area contributed by atoms with Gasteiger partial charge in [0.15, 0.2) is 5.82 Å². The number of carbonyl (C=O) groups is 2. The number of nitrogens with one attached hydrogen (secondary N) is 2. The van der Waals surface area contributed by atoms with Crippen LogP contribution in [0, 0.1) is 0 Å². The molecule has 0 unspecified atom stereocenters. The molecule has 0 radical (unpaired) electrons. The molecule has 0 aliphatic rings. The SMILES string of the molecule is O=C(NCCc1ncon1)NCc1ccc(C(=O)O)o1. The van der Waals surface area contributed by atoms with Crippen molar-refractivity contribution in [2.75, 3.05) is 6.54 Å². The minimum atomic E-state index is -1.15. The Morgan fingerprint density at radius 3 is 2.80 bits per heavy atom. The average Bonchev–Trinajstić information content (AvgIpc) is 3.07. The van der Waals surface area contributed by atoms with Crippen molar-refractivity contribution in [3.63, 3.8) is 0 Å². The molecule has 2 heterocycles. The lowest BCUT2D eigenvalue weighted by atomic mass is 10.4. The third-order valence-electron chi connectivity index (χ3n) is 2.34. The van der Waals surface area contributed by atoms with Crippen molar-refractivity contribution in [2.45, 2.75) is 13.0 Å². The number of nitrogens with zero attached hydrogens (tertiary/aromatic N) is 2. The maximum Gasteiger partial charge on any atom is 0.371 e. The average molecular weight is 280 g/mol. The van der Waals surface area contributed by atoms with E-state index in [1.165, 1.54) is 18.5 Å². The molecule has 0 fully saturated rings. The number of carboxylic acid groups (broad SMARTS) is 1. The molecule has 20 heavy (non-hydrogen) atoms. The molecule has 0 atom stereocenters. The van der Waals surface area contributed by atoms with Crippen LogP contribution < -0.4 is 10.6 Å². The van der Waals surface area contributed by atoms with Gasteiger partial charge in [-0.05, 0) is 12.1 Å². The molecule has 0 saturated heterocycles. The smallest absolute Gasteiger partial charge is 0.371 e. The summed E-state index contributed by atoms with van der Waals surface area (Å²) in [6.45, 7) is 0.450. The number of rotatable bonds is 6. The van der Waals surface area contributed by atoms with Gasteiger partial charge in [-0.3, -0.25) is 0 Å². The Morgan fingerprint density at radius 2 is 2.15 bits per heavy atom. The molecule has 0 saturated carbocycles. The van der Waals surface area contributed by atoms with Crippen molar-refractivity contribution in [1.29, 1.82) is 0 Å².